The Labute approximate surface area is 234 Å². The third-order valence-corrected chi connectivity index (χ3v) is 11.8. The van der Waals surface area contributed by atoms with Crippen LogP contribution >= 0.6 is 0 Å². The van der Waals surface area contributed by atoms with Crippen LogP contribution in [0.1, 0.15) is 101 Å². The van der Waals surface area contributed by atoms with Crippen LogP contribution in [0.3, 0.4) is 0 Å². The predicted octanol–water partition coefficient (Wildman–Crippen LogP) is 5.82. The van der Waals surface area contributed by atoms with Crippen LogP contribution in [0, 0.1) is 17.8 Å². The summed E-state index contributed by atoms with van der Waals surface area (Å²) in [4.78, 5) is 18.3. The number of hydrogen-bond donors (Lipinski definition) is 1. The van der Waals surface area contributed by atoms with Crippen LogP contribution in [-0.4, -0.2) is 66.2 Å². The van der Waals surface area contributed by atoms with Crippen LogP contribution in [0.4, 0.5) is 0 Å². The summed E-state index contributed by atoms with van der Waals surface area (Å²) in [6.45, 7) is 2.28. The number of carbonyl (C=O) groups is 1. The minimum absolute atomic E-state index is 0.0629. The molecule has 39 heavy (non-hydrogen) atoms. The molecule has 0 radical (unpaired) electrons. The normalized spacial score (nSPS) is 33.4. The molecule has 1 aromatic carbocycles. The molecule has 1 amide bonds. The van der Waals surface area contributed by atoms with Crippen molar-refractivity contribution in [3.63, 3.8) is 0 Å². The van der Waals surface area contributed by atoms with Gasteiger partial charge in [-0.3, -0.25) is 9.69 Å². The van der Waals surface area contributed by atoms with Gasteiger partial charge >= 0.3 is 0 Å². The lowest BCUT2D eigenvalue weighted by Gasteiger charge is -2.60. The zero-order valence-electron chi connectivity index (χ0n) is 24.1. The van der Waals surface area contributed by atoms with Crippen LogP contribution < -0.4 is 9.47 Å². The smallest absolute Gasteiger partial charge is 0.222 e. The van der Waals surface area contributed by atoms with Crippen LogP contribution in [0.25, 0.3) is 0 Å². The molecular weight excluding hydrogens is 488 g/mol. The molecular formula is C33H48N2O4. The second kappa shape index (κ2) is 10.2. The van der Waals surface area contributed by atoms with Gasteiger partial charge in [0.05, 0.1) is 13.2 Å². The van der Waals surface area contributed by atoms with E-state index in [1.165, 1.54) is 69.9 Å². The third kappa shape index (κ3) is 4.26. The van der Waals surface area contributed by atoms with E-state index < -0.39 is 0 Å². The fraction of sp³-hybridized carbons (Fsp3) is 0.788. The van der Waals surface area contributed by atoms with Gasteiger partial charge in [-0.1, -0.05) is 44.9 Å². The first-order valence-electron chi connectivity index (χ1n) is 16.1. The third-order valence-electron chi connectivity index (χ3n) is 11.8. The average Bonchev–Trinajstić information content (AvgIpc) is 3.71. The Morgan fingerprint density at radius 3 is 2.72 bits per heavy atom. The van der Waals surface area contributed by atoms with Gasteiger partial charge in [0.15, 0.2) is 11.5 Å². The number of methoxy groups -OCH3 is 1. The molecule has 3 saturated carbocycles. The van der Waals surface area contributed by atoms with E-state index in [-0.39, 0.29) is 23.5 Å². The van der Waals surface area contributed by atoms with Gasteiger partial charge in [0.1, 0.15) is 11.9 Å². The molecule has 4 fully saturated rings. The van der Waals surface area contributed by atoms with Gasteiger partial charge in [0.25, 0.3) is 0 Å². The van der Waals surface area contributed by atoms with Crippen molar-refractivity contribution in [2.24, 2.45) is 17.8 Å². The Balaban J connectivity index is 1.12. The van der Waals surface area contributed by atoms with Crippen LogP contribution in [0.5, 0.6) is 17.2 Å². The summed E-state index contributed by atoms with van der Waals surface area (Å²) in [5.74, 6) is 4.36. The average molecular weight is 537 g/mol. The Kier molecular flexibility index (Phi) is 6.76. The second-order valence-electron chi connectivity index (χ2n) is 13.8. The maximum Gasteiger partial charge on any atom is 0.222 e. The first-order valence-corrected chi connectivity index (χ1v) is 16.1. The van der Waals surface area contributed by atoms with E-state index in [2.05, 4.69) is 4.90 Å². The van der Waals surface area contributed by atoms with E-state index in [0.29, 0.717) is 29.9 Å². The number of piperidine rings is 1. The van der Waals surface area contributed by atoms with Crippen molar-refractivity contribution < 1.29 is 19.4 Å². The second-order valence-corrected chi connectivity index (χ2v) is 13.8. The Morgan fingerprint density at radius 1 is 1.13 bits per heavy atom. The number of phenolic OH excluding ortho intramolecular Hbond substituents is 1. The highest BCUT2D eigenvalue weighted by atomic mass is 16.5. The van der Waals surface area contributed by atoms with Crippen molar-refractivity contribution in [1.29, 1.82) is 0 Å². The molecule has 2 aliphatic heterocycles. The number of benzene rings is 1. The molecule has 7 rings (SSSR count). The molecule has 5 atom stereocenters. The SMILES string of the molecule is COc1cc(O)c2c3c1O[C@H]1[C@H](N(C)C(=O)CCCCC4CCCCC4)CC[C@H]4[C@@H](C2)N(CC2CC2)CC[C@@]341. The Morgan fingerprint density at radius 2 is 1.95 bits per heavy atom. The number of rotatable bonds is 9. The molecule has 6 heteroatoms. The topological polar surface area (TPSA) is 62.2 Å². The van der Waals surface area contributed by atoms with Crippen molar-refractivity contribution in [3.05, 3.63) is 17.2 Å². The molecule has 1 N–H and O–H groups in total. The van der Waals surface area contributed by atoms with Crippen molar-refractivity contribution in [3.8, 4) is 17.2 Å². The van der Waals surface area contributed by atoms with Crippen molar-refractivity contribution in [2.75, 3.05) is 27.2 Å². The maximum atomic E-state index is 13.5. The molecule has 1 saturated heterocycles. The van der Waals surface area contributed by atoms with Crippen molar-refractivity contribution >= 4 is 5.91 Å². The highest BCUT2D eigenvalue weighted by Crippen LogP contribution is 2.65. The van der Waals surface area contributed by atoms with Crippen LogP contribution in [0.2, 0.25) is 0 Å². The largest absolute Gasteiger partial charge is 0.508 e. The fourth-order valence-corrected chi connectivity index (χ4v) is 9.60. The standard InChI is InChI=1S/C33H48N2O4/c1-34(29(37)11-7-6-10-21-8-4-3-5-9-21)25-15-14-24-26-18-23-27(36)19-28(38-2)31-30(23)33(24,32(25)39-31)16-17-35(26)20-22-12-13-22/h19,21-22,24-26,32,36H,3-18,20H2,1-2H3/t24-,25+,26+,32-,33-/m0/s1. The Hall–Kier alpha value is -1.95. The summed E-state index contributed by atoms with van der Waals surface area (Å²) in [6.07, 6.45) is 17.8. The van der Waals surface area contributed by atoms with E-state index >= 15 is 0 Å². The first kappa shape index (κ1) is 26.0. The fourth-order valence-electron chi connectivity index (χ4n) is 9.60. The van der Waals surface area contributed by atoms with Gasteiger partial charge in [0, 0.05) is 48.7 Å². The summed E-state index contributed by atoms with van der Waals surface area (Å²) >= 11 is 0. The number of ether oxygens (including phenoxy) is 2. The number of likely N-dealkylation sites (tertiary alicyclic amines) is 1. The highest BCUT2D eigenvalue weighted by Gasteiger charge is 2.67. The van der Waals surface area contributed by atoms with E-state index in [9.17, 15) is 9.90 Å². The number of phenols is 1. The lowest BCUT2D eigenvalue weighted by molar-refractivity contribution is -0.140. The first-order chi connectivity index (χ1) is 19.0. The van der Waals surface area contributed by atoms with E-state index in [1.807, 2.05) is 11.9 Å². The van der Waals surface area contributed by atoms with Crippen molar-refractivity contribution in [2.45, 2.75) is 120 Å². The van der Waals surface area contributed by atoms with Crippen LogP contribution in [-0.2, 0) is 16.6 Å². The number of likely N-dealkylation sites (N-methyl/N-ethyl adjacent to an activating group) is 1. The predicted molar refractivity (Wildman–Crippen MR) is 151 cm³/mol. The van der Waals surface area contributed by atoms with Gasteiger partial charge in [0.2, 0.25) is 5.91 Å². The summed E-state index contributed by atoms with van der Waals surface area (Å²) in [6, 6.07) is 2.28. The number of amides is 1. The van der Waals surface area contributed by atoms with E-state index in [0.717, 1.165) is 61.8 Å². The van der Waals surface area contributed by atoms with Gasteiger partial charge in [-0.2, -0.15) is 0 Å². The summed E-state index contributed by atoms with van der Waals surface area (Å²) in [5.41, 5.74) is 2.15. The zero-order valence-corrected chi connectivity index (χ0v) is 24.1. The number of carbonyl (C=O) groups excluding carboxylic acids is 1. The molecule has 6 nitrogen and oxygen atoms in total. The summed E-state index contributed by atoms with van der Waals surface area (Å²) < 4.78 is 12.7. The lowest BCUT2D eigenvalue weighted by Crippen LogP contribution is -2.69. The molecule has 6 aliphatic rings. The lowest BCUT2D eigenvalue weighted by atomic mass is 9.50. The minimum atomic E-state index is -0.141. The quantitative estimate of drug-likeness (QED) is 0.403. The van der Waals surface area contributed by atoms with E-state index in [1.54, 1.807) is 13.2 Å². The van der Waals surface area contributed by atoms with Crippen molar-refractivity contribution in [1.82, 2.24) is 9.80 Å². The number of hydrogen-bond acceptors (Lipinski definition) is 5. The van der Waals surface area contributed by atoms with Gasteiger partial charge in [-0.25, -0.2) is 0 Å². The molecule has 1 spiro atoms. The minimum Gasteiger partial charge on any atom is -0.508 e. The van der Waals surface area contributed by atoms with Crippen LogP contribution in [0.15, 0.2) is 6.07 Å². The molecule has 2 bridgehead atoms. The van der Waals surface area contributed by atoms with Gasteiger partial charge in [-0.15, -0.1) is 0 Å². The molecule has 2 heterocycles. The highest BCUT2D eigenvalue weighted by molar-refractivity contribution is 5.76. The number of nitrogens with zero attached hydrogens (tertiary/aromatic N) is 2. The molecule has 0 aromatic heterocycles. The molecule has 4 aliphatic carbocycles. The maximum absolute atomic E-state index is 13.5. The van der Waals surface area contributed by atoms with E-state index in [4.69, 9.17) is 9.47 Å². The monoisotopic (exact) mass is 536 g/mol. The van der Waals surface area contributed by atoms with Gasteiger partial charge < -0.3 is 19.5 Å². The Bertz CT molecular complexity index is 1100. The molecule has 214 valence electrons. The number of aromatic hydroxyl groups is 1. The summed E-state index contributed by atoms with van der Waals surface area (Å²) in [5, 5.41) is 11.2. The zero-order chi connectivity index (χ0) is 26.7. The molecule has 1 aromatic rings. The number of unbranched alkanes of at least 4 members (excludes halogenated alkanes) is 1. The summed E-state index contributed by atoms with van der Waals surface area (Å²) in [7, 11) is 3.69. The van der Waals surface area contributed by atoms with Gasteiger partial charge in [-0.05, 0) is 69.2 Å². The molecule has 0 unspecified atom stereocenters.